The van der Waals surface area contributed by atoms with Gasteiger partial charge in [-0.25, -0.2) is 9.18 Å². The Hall–Kier alpha value is -1.51. The first-order valence-corrected chi connectivity index (χ1v) is 4.97. The summed E-state index contributed by atoms with van der Waals surface area (Å²) in [4.78, 5) is 14.9. The van der Waals surface area contributed by atoms with Crippen molar-refractivity contribution in [2.45, 2.75) is 24.6 Å². The number of ether oxygens (including phenoxy) is 1. The fourth-order valence-electron chi connectivity index (χ4n) is 1.71. The molecular formula is C9H12FN3O4. The second-order valence-electron chi connectivity index (χ2n) is 3.72. The highest BCUT2D eigenvalue weighted by molar-refractivity contribution is 5.23. The van der Waals surface area contributed by atoms with E-state index in [1.54, 1.807) is 0 Å². The third kappa shape index (κ3) is 2.02. The van der Waals surface area contributed by atoms with Crippen LogP contribution in [0.15, 0.2) is 17.1 Å². The van der Waals surface area contributed by atoms with Crippen LogP contribution >= 0.6 is 0 Å². The van der Waals surface area contributed by atoms with Gasteiger partial charge in [-0.3, -0.25) is 4.57 Å². The summed E-state index contributed by atoms with van der Waals surface area (Å²) in [6, 6.07) is 1.33. The van der Waals surface area contributed by atoms with Gasteiger partial charge in [0, 0.05) is 6.20 Å². The van der Waals surface area contributed by atoms with Gasteiger partial charge in [0.25, 0.3) is 0 Å². The van der Waals surface area contributed by atoms with Gasteiger partial charge >= 0.3 is 5.69 Å². The Morgan fingerprint density at radius 2 is 2.35 bits per heavy atom. The highest BCUT2D eigenvalue weighted by Gasteiger charge is 2.45. The molecule has 1 aromatic rings. The van der Waals surface area contributed by atoms with Crippen LogP contribution in [0.2, 0.25) is 0 Å². The summed E-state index contributed by atoms with van der Waals surface area (Å²) in [6.07, 6.45) is -4.39. The van der Waals surface area contributed by atoms with E-state index in [9.17, 15) is 14.3 Å². The Kier molecular flexibility index (Phi) is 3.09. The molecule has 1 aliphatic heterocycles. The molecule has 0 aromatic carbocycles. The van der Waals surface area contributed by atoms with E-state index < -0.39 is 36.9 Å². The lowest BCUT2D eigenvalue weighted by Crippen LogP contribution is -2.34. The van der Waals surface area contributed by atoms with E-state index in [2.05, 4.69) is 4.98 Å². The molecule has 8 heteroatoms. The number of aliphatic hydroxyl groups excluding tert-OH is 2. The zero-order chi connectivity index (χ0) is 12.6. The normalized spacial score (nSPS) is 32.9. The van der Waals surface area contributed by atoms with Crippen molar-refractivity contribution in [2.75, 3.05) is 12.3 Å². The summed E-state index contributed by atoms with van der Waals surface area (Å²) in [5, 5.41) is 18.4. The maximum atomic E-state index is 13.4. The topological polar surface area (TPSA) is 111 Å². The van der Waals surface area contributed by atoms with Gasteiger partial charge in [0.2, 0.25) is 0 Å². The summed E-state index contributed by atoms with van der Waals surface area (Å²) < 4.78 is 19.4. The number of aliphatic hydroxyl groups is 2. The number of rotatable bonds is 2. The third-order valence-electron chi connectivity index (χ3n) is 2.59. The van der Waals surface area contributed by atoms with Crippen LogP contribution in [0.4, 0.5) is 10.2 Å². The van der Waals surface area contributed by atoms with Crippen molar-refractivity contribution in [3.8, 4) is 0 Å². The van der Waals surface area contributed by atoms with E-state index in [4.69, 9.17) is 15.6 Å². The molecular weight excluding hydrogens is 233 g/mol. The second-order valence-corrected chi connectivity index (χ2v) is 3.72. The maximum Gasteiger partial charge on any atom is 0.351 e. The fraction of sp³-hybridized carbons (Fsp3) is 0.556. The number of aromatic nitrogens is 2. The maximum absolute atomic E-state index is 13.4. The molecule has 2 rings (SSSR count). The van der Waals surface area contributed by atoms with Crippen molar-refractivity contribution in [2.24, 2.45) is 0 Å². The summed E-state index contributed by atoms with van der Waals surface area (Å²) in [7, 11) is 0. The highest BCUT2D eigenvalue weighted by Crippen LogP contribution is 2.30. The zero-order valence-corrected chi connectivity index (χ0v) is 8.73. The van der Waals surface area contributed by atoms with Crippen LogP contribution in [0.5, 0.6) is 0 Å². The number of anilines is 1. The van der Waals surface area contributed by atoms with Gasteiger partial charge in [0.1, 0.15) is 18.0 Å². The first-order valence-electron chi connectivity index (χ1n) is 4.97. The number of nitrogens with two attached hydrogens (primary N) is 1. The van der Waals surface area contributed by atoms with Gasteiger partial charge in [0.15, 0.2) is 12.4 Å². The summed E-state index contributed by atoms with van der Waals surface area (Å²) in [5.74, 6) is 0.0224. The lowest BCUT2D eigenvalue weighted by atomic mass is 10.1. The van der Waals surface area contributed by atoms with E-state index in [1.165, 1.54) is 12.3 Å². The Balaban J connectivity index is 2.32. The van der Waals surface area contributed by atoms with Crippen molar-refractivity contribution in [3.63, 3.8) is 0 Å². The molecule has 4 N–H and O–H groups in total. The zero-order valence-electron chi connectivity index (χ0n) is 8.73. The highest BCUT2D eigenvalue weighted by atomic mass is 19.1. The van der Waals surface area contributed by atoms with Crippen LogP contribution in [-0.4, -0.2) is 44.8 Å². The van der Waals surface area contributed by atoms with E-state index in [-0.39, 0.29) is 5.82 Å². The van der Waals surface area contributed by atoms with Gasteiger partial charge in [-0.1, -0.05) is 0 Å². The minimum absolute atomic E-state index is 0.0224. The number of hydrogen-bond donors (Lipinski definition) is 3. The molecule has 7 nitrogen and oxygen atoms in total. The van der Waals surface area contributed by atoms with E-state index in [1.807, 2.05) is 0 Å². The average Bonchev–Trinajstić information content (AvgIpc) is 2.57. The van der Waals surface area contributed by atoms with Crippen molar-refractivity contribution < 1.29 is 19.3 Å². The predicted molar refractivity (Wildman–Crippen MR) is 54.8 cm³/mol. The fourth-order valence-corrected chi connectivity index (χ4v) is 1.71. The van der Waals surface area contributed by atoms with Crippen LogP contribution in [0.3, 0.4) is 0 Å². The Bertz CT molecular complexity index is 466. The van der Waals surface area contributed by atoms with Crippen LogP contribution in [0.1, 0.15) is 6.23 Å². The van der Waals surface area contributed by atoms with Crippen molar-refractivity contribution >= 4 is 5.82 Å². The van der Waals surface area contributed by atoms with E-state index in [0.717, 1.165) is 4.57 Å². The summed E-state index contributed by atoms with van der Waals surface area (Å²) in [6.45, 7) is -0.578. The second kappa shape index (κ2) is 4.40. The Morgan fingerprint density at radius 1 is 1.65 bits per heavy atom. The molecule has 0 saturated carbocycles. The first-order chi connectivity index (χ1) is 8.04. The van der Waals surface area contributed by atoms with E-state index >= 15 is 0 Å². The molecule has 1 saturated heterocycles. The lowest BCUT2D eigenvalue weighted by molar-refractivity contribution is -0.0536. The molecule has 0 unspecified atom stereocenters. The molecule has 17 heavy (non-hydrogen) atoms. The van der Waals surface area contributed by atoms with Gasteiger partial charge < -0.3 is 20.7 Å². The molecule has 2 heterocycles. The van der Waals surface area contributed by atoms with Crippen molar-refractivity contribution in [1.82, 2.24) is 9.55 Å². The molecule has 0 amide bonds. The van der Waals surface area contributed by atoms with E-state index in [0.29, 0.717) is 0 Å². The molecule has 4 atom stereocenters. The van der Waals surface area contributed by atoms with Crippen LogP contribution < -0.4 is 11.4 Å². The van der Waals surface area contributed by atoms with Crippen LogP contribution in [0, 0.1) is 0 Å². The number of nitrogens with zero attached hydrogens (tertiary/aromatic N) is 2. The number of halogens is 1. The molecule has 1 aliphatic rings. The minimum Gasteiger partial charge on any atom is -0.394 e. The smallest absolute Gasteiger partial charge is 0.351 e. The molecule has 0 radical (unpaired) electrons. The standard InChI is InChI=1S/C9H12FN3O4/c10-6-4(3-14)17-8(7(6)15)13-2-1-5(11)12-9(13)16/h1-2,4,6-8,14-15H,3H2,(H2,11,12,16)/t4-,6+,7+,8-/m1/s1. The molecule has 0 bridgehead atoms. The largest absolute Gasteiger partial charge is 0.394 e. The summed E-state index contributed by atoms with van der Waals surface area (Å²) >= 11 is 0. The molecule has 0 aliphatic carbocycles. The van der Waals surface area contributed by atoms with Gasteiger partial charge in [-0.05, 0) is 6.07 Å². The van der Waals surface area contributed by atoms with Gasteiger partial charge in [0.05, 0.1) is 6.61 Å². The van der Waals surface area contributed by atoms with Crippen molar-refractivity contribution in [1.29, 1.82) is 0 Å². The van der Waals surface area contributed by atoms with Crippen LogP contribution in [0.25, 0.3) is 0 Å². The Morgan fingerprint density at radius 3 is 2.88 bits per heavy atom. The monoisotopic (exact) mass is 245 g/mol. The SMILES string of the molecule is Nc1ccn([C@@H]2O[C@H](CO)[C@H](F)[C@@H]2O)c(=O)n1. The average molecular weight is 245 g/mol. The molecule has 1 aromatic heterocycles. The third-order valence-corrected chi connectivity index (χ3v) is 2.59. The van der Waals surface area contributed by atoms with Crippen molar-refractivity contribution in [3.05, 3.63) is 22.7 Å². The van der Waals surface area contributed by atoms with Crippen LogP contribution in [-0.2, 0) is 4.74 Å². The molecule has 94 valence electrons. The molecule has 0 spiro atoms. The quantitative estimate of drug-likeness (QED) is 0.579. The summed E-state index contributed by atoms with van der Waals surface area (Å²) in [5.41, 5.74) is 4.55. The van der Waals surface area contributed by atoms with Gasteiger partial charge in [-0.15, -0.1) is 0 Å². The predicted octanol–water partition coefficient (Wildman–Crippen LogP) is -1.59. The Labute approximate surface area is 95.3 Å². The minimum atomic E-state index is -1.76. The van der Waals surface area contributed by atoms with Gasteiger partial charge in [-0.2, -0.15) is 4.98 Å². The first kappa shape index (κ1) is 12.0. The number of hydrogen-bond acceptors (Lipinski definition) is 6. The lowest BCUT2D eigenvalue weighted by Gasteiger charge is -2.16. The number of alkyl halides is 1. The molecule has 1 fully saturated rings. The number of nitrogen functional groups attached to an aromatic ring is 1.